The average molecular weight is 343 g/mol. The maximum Gasteiger partial charge on any atom is 0.328 e. The second-order valence-corrected chi connectivity index (χ2v) is 6.09. The average Bonchev–Trinajstić information content (AvgIpc) is 3.09. The highest BCUT2D eigenvalue weighted by atomic mass is 79.9. The molecule has 2 fully saturated rings. The van der Waals surface area contributed by atoms with Gasteiger partial charge in [0.25, 0.3) is 5.56 Å². The van der Waals surface area contributed by atoms with E-state index in [4.69, 9.17) is 0 Å². The molecule has 20 heavy (non-hydrogen) atoms. The van der Waals surface area contributed by atoms with E-state index in [1.165, 1.54) is 10.8 Å². The molecule has 3 rings (SSSR count). The zero-order valence-electron chi connectivity index (χ0n) is 10.6. The number of aromatic amines is 1. The third-order valence-electron chi connectivity index (χ3n) is 4.66. The molecule has 1 unspecified atom stereocenters. The SMILES string of the molecule is O=c1[nH]c(=O)n([C@H]2C[C@H](O)C3(CO)C[C@H]23)cc1/C=C/Br. The zero-order valence-corrected chi connectivity index (χ0v) is 12.2. The number of fused-ring (bicyclic) bond motifs is 1. The van der Waals surface area contributed by atoms with Gasteiger partial charge >= 0.3 is 5.69 Å². The highest BCUT2D eigenvalue weighted by Crippen LogP contribution is 2.66. The predicted molar refractivity (Wildman–Crippen MR) is 76.6 cm³/mol. The number of hydrogen-bond donors (Lipinski definition) is 3. The number of aliphatic hydroxyl groups excluding tert-OH is 2. The Balaban J connectivity index is 2.02. The molecule has 3 N–H and O–H groups in total. The lowest BCUT2D eigenvalue weighted by Crippen LogP contribution is -2.33. The number of rotatable bonds is 3. The minimum absolute atomic E-state index is 0.0679. The molecule has 0 aromatic carbocycles. The van der Waals surface area contributed by atoms with E-state index < -0.39 is 22.8 Å². The number of hydrogen-bond acceptors (Lipinski definition) is 4. The van der Waals surface area contributed by atoms with Crippen LogP contribution in [0, 0.1) is 11.3 Å². The fourth-order valence-corrected chi connectivity index (χ4v) is 3.69. The molecule has 2 aliphatic carbocycles. The number of nitrogens with zero attached hydrogens (tertiary/aromatic N) is 1. The van der Waals surface area contributed by atoms with Crippen LogP contribution < -0.4 is 11.2 Å². The molecule has 2 saturated carbocycles. The van der Waals surface area contributed by atoms with Crippen LogP contribution in [-0.4, -0.2) is 32.5 Å². The minimum atomic E-state index is -0.600. The molecule has 1 heterocycles. The van der Waals surface area contributed by atoms with Gasteiger partial charge in [0.05, 0.1) is 18.3 Å². The topological polar surface area (TPSA) is 95.3 Å². The Hall–Kier alpha value is -1.18. The summed E-state index contributed by atoms with van der Waals surface area (Å²) in [4.78, 5) is 27.5. The molecule has 108 valence electrons. The molecule has 1 aromatic rings. The maximum atomic E-state index is 12.0. The van der Waals surface area contributed by atoms with Crippen molar-refractivity contribution in [3.8, 4) is 0 Å². The van der Waals surface area contributed by atoms with E-state index in [2.05, 4.69) is 20.9 Å². The van der Waals surface area contributed by atoms with Crippen molar-refractivity contribution in [3.05, 3.63) is 37.6 Å². The Morgan fingerprint density at radius 1 is 1.55 bits per heavy atom. The molecular weight excluding hydrogens is 328 g/mol. The van der Waals surface area contributed by atoms with E-state index in [9.17, 15) is 19.8 Å². The van der Waals surface area contributed by atoms with Gasteiger partial charge < -0.3 is 10.2 Å². The van der Waals surface area contributed by atoms with Crippen molar-refractivity contribution < 1.29 is 10.2 Å². The molecule has 4 atom stereocenters. The second-order valence-electron chi connectivity index (χ2n) is 5.56. The normalized spacial score (nSPS) is 35.5. The fraction of sp³-hybridized carbons (Fsp3) is 0.538. The van der Waals surface area contributed by atoms with Crippen molar-refractivity contribution in [2.24, 2.45) is 11.3 Å². The van der Waals surface area contributed by atoms with E-state index in [1.807, 2.05) is 0 Å². The number of aliphatic hydroxyl groups is 2. The van der Waals surface area contributed by atoms with Crippen molar-refractivity contribution in [3.63, 3.8) is 0 Å². The van der Waals surface area contributed by atoms with Gasteiger partial charge in [-0.2, -0.15) is 0 Å². The van der Waals surface area contributed by atoms with Gasteiger partial charge in [0.15, 0.2) is 0 Å². The quantitative estimate of drug-likeness (QED) is 0.731. The summed E-state index contributed by atoms with van der Waals surface area (Å²) in [5.74, 6) is 0.0897. The van der Waals surface area contributed by atoms with E-state index in [0.717, 1.165) is 0 Å². The number of halogens is 1. The summed E-state index contributed by atoms with van der Waals surface area (Å²) in [6.45, 7) is -0.0679. The summed E-state index contributed by atoms with van der Waals surface area (Å²) in [5, 5.41) is 19.5. The fourth-order valence-electron chi connectivity index (χ4n) is 3.41. The van der Waals surface area contributed by atoms with Crippen molar-refractivity contribution in [2.45, 2.75) is 25.0 Å². The molecule has 0 radical (unpaired) electrons. The monoisotopic (exact) mass is 342 g/mol. The van der Waals surface area contributed by atoms with Crippen LogP contribution in [0.25, 0.3) is 6.08 Å². The van der Waals surface area contributed by atoms with Gasteiger partial charge in [0.1, 0.15) is 0 Å². The van der Waals surface area contributed by atoms with Crippen molar-refractivity contribution >= 4 is 22.0 Å². The highest BCUT2D eigenvalue weighted by Gasteiger charge is 2.67. The van der Waals surface area contributed by atoms with Gasteiger partial charge in [-0.1, -0.05) is 15.9 Å². The third kappa shape index (κ3) is 1.84. The number of nitrogens with one attached hydrogen (secondary N) is 1. The number of aromatic nitrogens is 2. The van der Waals surface area contributed by atoms with Gasteiger partial charge in [-0.25, -0.2) is 4.79 Å². The summed E-state index contributed by atoms with van der Waals surface area (Å²) in [7, 11) is 0. The summed E-state index contributed by atoms with van der Waals surface area (Å²) in [5.41, 5.74) is -0.992. The Labute approximate surface area is 122 Å². The standard InChI is InChI=1S/C13H15BrN2O4/c14-2-1-7-5-16(12(20)15-11(7)19)9-3-10(18)13(6-17)4-8(9)13/h1-2,5,8-10,17-18H,3-4,6H2,(H,15,19,20)/b2-1+/t8-,9+,10+,13?/m1/s1. The van der Waals surface area contributed by atoms with Crippen molar-refractivity contribution in [1.29, 1.82) is 0 Å². The first-order valence-electron chi connectivity index (χ1n) is 6.44. The van der Waals surface area contributed by atoms with Crippen LogP contribution in [0.5, 0.6) is 0 Å². The van der Waals surface area contributed by atoms with E-state index in [1.54, 1.807) is 11.1 Å². The van der Waals surface area contributed by atoms with Crippen LogP contribution in [0.15, 0.2) is 20.8 Å². The molecule has 0 saturated heterocycles. The lowest BCUT2D eigenvalue weighted by Gasteiger charge is -2.17. The van der Waals surface area contributed by atoms with Crippen LogP contribution in [0.1, 0.15) is 24.4 Å². The summed E-state index contributed by atoms with van der Waals surface area (Å²) < 4.78 is 1.47. The van der Waals surface area contributed by atoms with Gasteiger partial charge in [-0.05, 0) is 29.8 Å². The Kier molecular flexibility index (Phi) is 3.23. The third-order valence-corrected chi connectivity index (χ3v) is 4.93. The smallest absolute Gasteiger partial charge is 0.328 e. The van der Waals surface area contributed by atoms with Gasteiger partial charge in [0, 0.05) is 17.7 Å². The molecule has 7 heteroatoms. The van der Waals surface area contributed by atoms with Gasteiger partial charge in [-0.15, -0.1) is 0 Å². The van der Waals surface area contributed by atoms with Crippen LogP contribution in [-0.2, 0) is 0 Å². The van der Waals surface area contributed by atoms with Crippen LogP contribution in [0.2, 0.25) is 0 Å². The minimum Gasteiger partial charge on any atom is -0.396 e. The Morgan fingerprint density at radius 3 is 2.85 bits per heavy atom. The van der Waals surface area contributed by atoms with Crippen molar-refractivity contribution in [2.75, 3.05) is 6.61 Å². The molecule has 0 aliphatic heterocycles. The summed E-state index contributed by atoms with van der Waals surface area (Å²) in [6, 6.07) is -0.177. The summed E-state index contributed by atoms with van der Waals surface area (Å²) >= 11 is 3.10. The van der Waals surface area contributed by atoms with Crippen LogP contribution >= 0.6 is 15.9 Å². The second kappa shape index (κ2) is 4.68. The van der Waals surface area contributed by atoms with E-state index in [-0.39, 0.29) is 18.6 Å². The van der Waals surface area contributed by atoms with Crippen LogP contribution in [0.4, 0.5) is 0 Å². The lowest BCUT2D eigenvalue weighted by atomic mass is 10.0. The molecular formula is C13H15BrN2O4. The molecule has 0 amide bonds. The number of H-pyrrole nitrogens is 1. The molecule has 0 bridgehead atoms. The zero-order chi connectivity index (χ0) is 14.5. The van der Waals surface area contributed by atoms with Crippen LogP contribution in [0.3, 0.4) is 0 Å². The molecule has 6 nitrogen and oxygen atoms in total. The van der Waals surface area contributed by atoms with Crippen molar-refractivity contribution in [1.82, 2.24) is 9.55 Å². The lowest BCUT2D eigenvalue weighted by molar-refractivity contribution is 0.0599. The molecule has 2 aliphatic rings. The summed E-state index contributed by atoms with van der Waals surface area (Å²) in [6.07, 6.45) is 3.62. The Bertz CT molecular complexity index is 680. The van der Waals surface area contributed by atoms with E-state index >= 15 is 0 Å². The first-order valence-corrected chi connectivity index (χ1v) is 7.36. The first kappa shape index (κ1) is 13.8. The Morgan fingerprint density at radius 2 is 2.30 bits per heavy atom. The van der Waals surface area contributed by atoms with E-state index in [0.29, 0.717) is 18.4 Å². The first-order chi connectivity index (χ1) is 9.53. The van der Waals surface area contributed by atoms with Gasteiger partial charge in [0.2, 0.25) is 0 Å². The highest BCUT2D eigenvalue weighted by molar-refractivity contribution is 9.11. The van der Waals surface area contributed by atoms with Gasteiger partial charge in [-0.3, -0.25) is 14.3 Å². The molecule has 1 aromatic heterocycles. The maximum absolute atomic E-state index is 12.0. The molecule has 0 spiro atoms. The predicted octanol–water partition coefficient (Wildman–Crippen LogP) is 0.206. The largest absolute Gasteiger partial charge is 0.396 e.